The van der Waals surface area contributed by atoms with E-state index in [-0.39, 0.29) is 0 Å². The first-order chi connectivity index (χ1) is 27.6. The monoisotopic (exact) mass is 721 g/mol. The number of furan rings is 2. The first-order valence-electron chi connectivity index (χ1n) is 18.2. The molecule has 56 heavy (non-hydrogen) atoms. The van der Waals surface area contributed by atoms with Crippen LogP contribution in [0.15, 0.2) is 180 Å². The number of fused-ring (bicyclic) bond motifs is 4. The van der Waals surface area contributed by atoms with Crippen LogP contribution in [0.2, 0.25) is 0 Å². The molecule has 0 spiro atoms. The molecule has 0 saturated heterocycles. The SMILES string of the molecule is C=Cc1c(C(=C)c2cccc(-c3nc(-c4ccccc4)c4oc5ccccc5c4n3)c2)oc2cc(-c3nc(-c4ccccc4)nc(-c4ccccc4)n3)ccc12. The predicted octanol–water partition coefficient (Wildman–Crippen LogP) is 12.3. The van der Waals surface area contributed by atoms with Gasteiger partial charge in [-0.3, -0.25) is 0 Å². The van der Waals surface area contributed by atoms with Gasteiger partial charge in [0.15, 0.2) is 28.9 Å². The largest absolute Gasteiger partial charge is 0.455 e. The topological polar surface area (TPSA) is 90.7 Å². The standard InChI is InChI=1S/C49H31N5O2/c1-3-37-38-27-26-36(49-53-46(32-18-9-5-10-19-32)52-47(54-49)33-20-11-6-12-21-33)29-41(38)56-44(37)30(2)34-22-15-23-35(28-34)48-50-42(31-16-7-4-8-17-31)45-43(51-48)39-24-13-14-25-40(39)55-45/h3-29H,1-2H2. The zero-order valence-corrected chi connectivity index (χ0v) is 30.1. The molecule has 0 aliphatic carbocycles. The van der Waals surface area contributed by atoms with Crippen LogP contribution in [0.5, 0.6) is 0 Å². The summed E-state index contributed by atoms with van der Waals surface area (Å²) in [7, 11) is 0. The number of nitrogens with zero attached hydrogens (tertiary/aromatic N) is 5. The van der Waals surface area contributed by atoms with Crippen molar-refractivity contribution in [3.05, 3.63) is 188 Å². The Morgan fingerprint density at radius 1 is 0.464 bits per heavy atom. The smallest absolute Gasteiger partial charge is 0.180 e. The van der Waals surface area contributed by atoms with Crippen LogP contribution in [0.4, 0.5) is 0 Å². The molecule has 4 aromatic heterocycles. The van der Waals surface area contributed by atoms with Gasteiger partial charge in [-0.1, -0.05) is 147 Å². The molecule has 0 aliphatic rings. The summed E-state index contributed by atoms with van der Waals surface area (Å²) in [6.07, 6.45) is 1.81. The summed E-state index contributed by atoms with van der Waals surface area (Å²) < 4.78 is 13.0. The summed E-state index contributed by atoms with van der Waals surface area (Å²) in [4.78, 5) is 24.8. The minimum atomic E-state index is 0.543. The maximum Gasteiger partial charge on any atom is 0.180 e. The van der Waals surface area contributed by atoms with E-state index < -0.39 is 0 Å². The van der Waals surface area contributed by atoms with Crippen LogP contribution in [0, 0.1) is 0 Å². The third kappa shape index (κ3) is 5.75. The molecule has 7 nitrogen and oxygen atoms in total. The summed E-state index contributed by atoms with van der Waals surface area (Å²) in [5.74, 6) is 2.93. The van der Waals surface area contributed by atoms with E-state index in [1.54, 1.807) is 0 Å². The first kappa shape index (κ1) is 32.8. The molecule has 0 amide bonds. The van der Waals surface area contributed by atoms with Crippen LogP contribution in [-0.4, -0.2) is 24.9 Å². The Balaban J connectivity index is 1.05. The predicted molar refractivity (Wildman–Crippen MR) is 224 cm³/mol. The summed E-state index contributed by atoms with van der Waals surface area (Å²) in [6, 6.07) is 51.9. The summed E-state index contributed by atoms with van der Waals surface area (Å²) >= 11 is 0. The third-order valence-corrected chi connectivity index (χ3v) is 9.90. The lowest BCUT2D eigenvalue weighted by Crippen LogP contribution is -2.00. The van der Waals surface area contributed by atoms with Crippen molar-refractivity contribution < 1.29 is 8.83 Å². The van der Waals surface area contributed by atoms with Crippen LogP contribution < -0.4 is 0 Å². The number of aromatic nitrogens is 5. The van der Waals surface area contributed by atoms with Gasteiger partial charge in [0.25, 0.3) is 0 Å². The van der Waals surface area contributed by atoms with Gasteiger partial charge in [-0.25, -0.2) is 24.9 Å². The highest BCUT2D eigenvalue weighted by molar-refractivity contribution is 6.07. The fourth-order valence-corrected chi connectivity index (χ4v) is 7.11. The zero-order chi connectivity index (χ0) is 37.6. The molecule has 0 unspecified atom stereocenters. The average molecular weight is 722 g/mol. The fourth-order valence-electron chi connectivity index (χ4n) is 7.11. The quantitative estimate of drug-likeness (QED) is 0.154. The maximum absolute atomic E-state index is 6.63. The van der Waals surface area contributed by atoms with E-state index in [1.807, 2.05) is 164 Å². The van der Waals surface area contributed by atoms with Gasteiger partial charge in [-0.15, -0.1) is 0 Å². The molecule has 0 saturated carbocycles. The van der Waals surface area contributed by atoms with Crippen LogP contribution >= 0.6 is 0 Å². The highest BCUT2D eigenvalue weighted by atomic mass is 16.3. The number of rotatable bonds is 8. The molecule has 0 atom stereocenters. The molecule has 0 aliphatic heterocycles. The van der Waals surface area contributed by atoms with E-state index >= 15 is 0 Å². The van der Waals surface area contributed by atoms with Crippen molar-refractivity contribution in [3.8, 4) is 56.8 Å². The van der Waals surface area contributed by atoms with E-state index in [1.165, 1.54) is 0 Å². The molecule has 10 aromatic rings. The van der Waals surface area contributed by atoms with Crippen molar-refractivity contribution in [1.82, 2.24) is 24.9 Å². The lowest BCUT2D eigenvalue weighted by molar-refractivity contribution is 0.600. The Hall–Kier alpha value is -7.77. The van der Waals surface area contributed by atoms with Crippen molar-refractivity contribution in [1.29, 1.82) is 0 Å². The normalized spacial score (nSPS) is 11.4. The third-order valence-electron chi connectivity index (χ3n) is 9.90. The van der Waals surface area contributed by atoms with Gasteiger partial charge in [0.2, 0.25) is 0 Å². The molecule has 0 N–H and O–H groups in total. The second kappa shape index (κ2) is 13.6. The maximum atomic E-state index is 6.63. The average Bonchev–Trinajstić information content (AvgIpc) is 3.84. The molecule has 7 heteroatoms. The Bertz CT molecular complexity index is 3060. The summed E-state index contributed by atoms with van der Waals surface area (Å²) in [6.45, 7) is 8.67. The molecule has 0 fully saturated rings. The number of para-hydroxylation sites is 1. The minimum absolute atomic E-state index is 0.543. The van der Waals surface area contributed by atoms with Gasteiger partial charge in [0, 0.05) is 49.7 Å². The van der Waals surface area contributed by atoms with Gasteiger partial charge < -0.3 is 8.83 Å². The van der Waals surface area contributed by atoms with Gasteiger partial charge >= 0.3 is 0 Å². The van der Waals surface area contributed by atoms with Crippen LogP contribution in [-0.2, 0) is 0 Å². The summed E-state index contributed by atoms with van der Waals surface area (Å²) in [5, 5.41) is 1.84. The number of hydrogen-bond acceptors (Lipinski definition) is 7. The Morgan fingerprint density at radius 3 is 1.71 bits per heavy atom. The van der Waals surface area contributed by atoms with Crippen molar-refractivity contribution in [2.45, 2.75) is 0 Å². The zero-order valence-electron chi connectivity index (χ0n) is 30.1. The van der Waals surface area contributed by atoms with E-state index in [4.69, 9.17) is 33.8 Å². The second-order valence-corrected chi connectivity index (χ2v) is 13.4. The molecule has 4 heterocycles. The highest BCUT2D eigenvalue weighted by Crippen LogP contribution is 2.39. The molecular formula is C49H31N5O2. The first-order valence-corrected chi connectivity index (χ1v) is 18.2. The molecule has 264 valence electrons. The lowest BCUT2D eigenvalue weighted by Gasteiger charge is -2.09. The highest BCUT2D eigenvalue weighted by Gasteiger charge is 2.21. The molecule has 6 aromatic carbocycles. The van der Waals surface area contributed by atoms with Gasteiger partial charge in [-0.05, 0) is 35.9 Å². The van der Waals surface area contributed by atoms with Crippen molar-refractivity contribution in [3.63, 3.8) is 0 Å². The molecule has 0 radical (unpaired) electrons. The van der Waals surface area contributed by atoms with E-state index in [2.05, 4.69) is 13.2 Å². The molecule has 10 rings (SSSR count). The molecular weight excluding hydrogens is 691 g/mol. The van der Waals surface area contributed by atoms with Crippen molar-refractivity contribution in [2.75, 3.05) is 0 Å². The lowest BCUT2D eigenvalue weighted by atomic mass is 9.98. The Labute approximate surface area is 322 Å². The molecule has 0 bridgehead atoms. The van der Waals surface area contributed by atoms with Crippen molar-refractivity contribution >= 4 is 44.7 Å². The van der Waals surface area contributed by atoms with Crippen LogP contribution in [0.1, 0.15) is 16.9 Å². The minimum Gasteiger partial charge on any atom is -0.455 e. The Morgan fingerprint density at radius 2 is 1.04 bits per heavy atom. The van der Waals surface area contributed by atoms with Gasteiger partial charge in [0.05, 0.1) is 0 Å². The van der Waals surface area contributed by atoms with E-state index in [9.17, 15) is 0 Å². The van der Waals surface area contributed by atoms with E-state index in [0.717, 1.165) is 66.5 Å². The number of hydrogen-bond donors (Lipinski definition) is 0. The summed E-state index contributed by atoms with van der Waals surface area (Å²) in [5.41, 5.74) is 10.4. The Kier molecular flexibility index (Phi) is 7.96. The fraction of sp³-hybridized carbons (Fsp3) is 0. The second-order valence-electron chi connectivity index (χ2n) is 13.4. The van der Waals surface area contributed by atoms with Crippen LogP contribution in [0.3, 0.4) is 0 Å². The van der Waals surface area contributed by atoms with E-state index in [0.29, 0.717) is 45.8 Å². The van der Waals surface area contributed by atoms with Crippen molar-refractivity contribution in [2.24, 2.45) is 0 Å². The number of benzene rings is 6. The van der Waals surface area contributed by atoms with Crippen LogP contribution in [0.25, 0.3) is 101 Å². The van der Waals surface area contributed by atoms with Gasteiger partial charge in [0.1, 0.15) is 28.1 Å². The van der Waals surface area contributed by atoms with Gasteiger partial charge in [-0.2, -0.15) is 0 Å².